The summed E-state index contributed by atoms with van der Waals surface area (Å²) in [4.78, 5) is 29.6. The third-order valence-corrected chi connectivity index (χ3v) is 3.90. The molecule has 7 nitrogen and oxygen atoms in total. The normalized spacial score (nSPS) is 12.3. The Morgan fingerprint density at radius 3 is 3.00 bits per heavy atom. The standard InChI is InChI=1S/C12H16N4O3S/c1-4-19-10(18)7-8(2)15(3)12-14-16-9(17)5-6-13-11(16)20-12/h5-6,8H,4,7H2,1-3H3. The van der Waals surface area contributed by atoms with Crippen molar-refractivity contribution in [1.29, 1.82) is 0 Å². The number of esters is 1. The monoisotopic (exact) mass is 296 g/mol. The molecule has 0 aliphatic carbocycles. The second-order valence-electron chi connectivity index (χ2n) is 4.33. The molecule has 0 radical (unpaired) electrons. The molecule has 0 saturated heterocycles. The Morgan fingerprint density at radius 2 is 2.35 bits per heavy atom. The van der Waals surface area contributed by atoms with Crippen LogP contribution in [0, 0.1) is 0 Å². The fourth-order valence-corrected chi connectivity index (χ4v) is 2.60. The van der Waals surface area contributed by atoms with E-state index in [1.54, 1.807) is 6.92 Å². The number of aromatic nitrogens is 3. The van der Waals surface area contributed by atoms with Gasteiger partial charge in [-0.3, -0.25) is 9.59 Å². The number of carbonyl (C=O) groups is 1. The Morgan fingerprint density at radius 1 is 1.60 bits per heavy atom. The quantitative estimate of drug-likeness (QED) is 0.764. The number of carbonyl (C=O) groups excluding carboxylic acids is 1. The van der Waals surface area contributed by atoms with Crippen LogP contribution >= 0.6 is 11.3 Å². The molecule has 0 bridgehead atoms. The molecular formula is C12H16N4O3S. The van der Waals surface area contributed by atoms with E-state index in [-0.39, 0.29) is 24.0 Å². The van der Waals surface area contributed by atoms with Crippen molar-refractivity contribution in [3.05, 3.63) is 22.6 Å². The third-order valence-electron chi connectivity index (χ3n) is 2.89. The lowest BCUT2D eigenvalue weighted by molar-refractivity contribution is -0.143. The van der Waals surface area contributed by atoms with Crippen molar-refractivity contribution in [3.8, 4) is 0 Å². The molecule has 2 aromatic heterocycles. The zero-order chi connectivity index (χ0) is 14.7. The average Bonchev–Trinajstić information content (AvgIpc) is 2.83. The smallest absolute Gasteiger partial charge is 0.307 e. The largest absolute Gasteiger partial charge is 0.466 e. The van der Waals surface area contributed by atoms with Gasteiger partial charge in [-0.2, -0.15) is 4.52 Å². The van der Waals surface area contributed by atoms with Gasteiger partial charge in [0.2, 0.25) is 10.1 Å². The first-order valence-corrected chi connectivity index (χ1v) is 7.08. The fourth-order valence-electron chi connectivity index (χ4n) is 1.66. The summed E-state index contributed by atoms with van der Waals surface area (Å²) >= 11 is 1.30. The third kappa shape index (κ3) is 2.96. The van der Waals surface area contributed by atoms with E-state index in [2.05, 4.69) is 10.1 Å². The topological polar surface area (TPSA) is 76.8 Å². The van der Waals surface area contributed by atoms with Crippen LogP contribution in [0.15, 0.2) is 17.1 Å². The summed E-state index contributed by atoms with van der Waals surface area (Å²) in [6.45, 7) is 4.05. The van der Waals surface area contributed by atoms with Crippen LogP contribution in [0.1, 0.15) is 20.3 Å². The zero-order valence-electron chi connectivity index (χ0n) is 11.6. The molecule has 0 aromatic carbocycles. The molecule has 2 heterocycles. The van der Waals surface area contributed by atoms with E-state index < -0.39 is 0 Å². The minimum atomic E-state index is -0.247. The minimum absolute atomic E-state index is 0.0784. The maximum Gasteiger partial charge on any atom is 0.307 e. The lowest BCUT2D eigenvalue weighted by Crippen LogP contribution is -2.31. The number of ether oxygens (including phenoxy) is 1. The molecule has 0 saturated carbocycles. The molecule has 1 atom stereocenters. The molecule has 0 N–H and O–H groups in total. The van der Waals surface area contributed by atoms with Crippen LogP contribution in [0.4, 0.5) is 5.13 Å². The molecule has 1 unspecified atom stereocenters. The number of rotatable bonds is 5. The Bertz CT molecular complexity index is 666. The maximum atomic E-state index is 11.6. The maximum absolute atomic E-state index is 11.6. The summed E-state index contributed by atoms with van der Waals surface area (Å²) in [5.74, 6) is -0.247. The number of anilines is 1. The van der Waals surface area contributed by atoms with Crippen LogP contribution in [-0.4, -0.2) is 40.3 Å². The van der Waals surface area contributed by atoms with Crippen molar-refractivity contribution in [2.45, 2.75) is 26.3 Å². The van der Waals surface area contributed by atoms with E-state index in [1.165, 1.54) is 28.1 Å². The molecule has 2 rings (SSSR count). The molecule has 0 fully saturated rings. The predicted octanol–water partition coefficient (Wildman–Crippen LogP) is 0.929. The highest BCUT2D eigenvalue weighted by atomic mass is 32.1. The SMILES string of the molecule is CCOC(=O)CC(C)N(C)c1nn2c(=O)ccnc2s1. The molecule has 0 aliphatic heterocycles. The highest BCUT2D eigenvalue weighted by Gasteiger charge is 2.18. The van der Waals surface area contributed by atoms with E-state index in [9.17, 15) is 9.59 Å². The lowest BCUT2D eigenvalue weighted by Gasteiger charge is -2.22. The highest BCUT2D eigenvalue weighted by Crippen LogP contribution is 2.22. The summed E-state index contributed by atoms with van der Waals surface area (Å²) in [7, 11) is 1.83. The van der Waals surface area contributed by atoms with Gasteiger partial charge in [0.05, 0.1) is 13.0 Å². The van der Waals surface area contributed by atoms with Crippen molar-refractivity contribution in [3.63, 3.8) is 0 Å². The number of nitrogens with zero attached hydrogens (tertiary/aromatic N) is 4. The Hall–Kier alpha value is -1.96. The zero-order valence-corrected chi connectivity index (χ0v) is 12.4. The van der Waals surface area contributed by atoms with Crippen LogP contribution in [0.3, 0.4) is 0 Å². The molecule has 8 heteroatoms. The van der Waals surface area contributed by atoms with Gasteiger partial charge in [0.25, 0.3) is 5.56 Å². The van der Waals surface area contributed by atoms with Gasteiger partial charge in [-0.05, 0) is 13.8 Å². The van der Waals surface area contributed by atoms with Gasteiger partial charge in [-0.25, -0.2) is 4.98 Å². The lowest BCUT2D eigenvalue weighted by atomic mass is 10.2. The molecule has 2 aromatic rings. The van der Waals surface area contributed by atoms with Crippen LogP contribution in [-0.2, 0) is 9.53 Å². The minimum Gasteiger partial charge on any atom is -0.466 e. The summed E-state index contributed by atoms with van der Waals surface area (Å²) in [5, 5.41) is 4.86. The predicted molar refractivity (Wildman–Crippen MR) is 76.2 cm³/mol. The van der Waals surface area contributed by atoms with Crippen molar-refractivity contribution in [1.82, 2.24) is 14.6 Å². The highest BCUT2D eigenvalue weighted by molar-refractivity contribution is 7.20. The van der Waals surface area contributed by atoms with Gasteiger partial charge in [0.1, 0.15) is 0 Å². The first-order valence-electron chi connectivity index (χ1n) is 6.26. The van der Waals surface area contributed by atoms with Gasteiger partial charge in [0.15, 0.2) is 0 Å². The Kier molecular flexibility index (Phi) is 4.33. The van der Waals surface area contributed by atoms with Crippen molar-refractivity contribution >= 4 is 27.4 Å². The number of hydrogen-bond donors (Lipinski definition) is 0. The van der Waals surface area contributed by atoms with Gasteiger partial charge in [0, 0.05) is 25.4 Å². The molecule has 108 valence electrons. The van der Waals surface area contributed by atoms with Crippen LogP contribution in [0.25, 0.3) is 4.96 Å². The second-order valence-corrected chi connectivity index (χ2v) is 5.27. The first kappa shape index (κ1) is 14.4. The van der Waals surface area contributed by atoms with Crippen molar-refractivity contribution < 1.29 is 9.53 Å². The molecule has 0 amide bonds. The summed E-state index contributed by atoms with van der Waals surface area (Å²) in [6, 6.07) is 1.28. The van der Waals surface area contributed by atoms with Gasteiger partial charge < -0.3 is 9.64 Å². The molecule has 20 heavy (non-hydrogen) atoms. The molecular weight excluding hydrogens is 280 g/mol. The summed E-state index contributed by atoms with van der Waals surface area (Å²) in [6.07, 6.45) is 1.73. The molecule has 0 aliphatic rings. The summed E-state index contributed by atoms with van der Waals surface area (Å²) < 4.78 is 6.18. The van der Waals surface area contributed by atoms with Crippen LogP contribution in [0.5, 0.6) is 0 Å². The van der Waals surface area contributed by atoms with E-state index in [4.69, 9.17) is 4.74 Å². The van der Waals surface area contributed by atoms with Gasteiger partial charge in [-0.1, -0.05) is 11.3 Å². The summed E-state index contributed by atoms with van der Waals surface area (Å²) in [5.41, 5.74) is -0.219. The van der Waals surface area contributed by atoms with Crippen LogP contribution in [0.2, 0.25) is 0 Å². The van der Waals surface area contributed by atoms with E-state index in [0.29, 0.717) is 16.7 Å². The number of fused-ring (bicyclic) bond motifs is 1. The van der Waals surface area contributed by atoms with E-state index in [0.717, 1.165) is 0 Å². The fraction of sp³-hybridized carbons (Fsp3) is 0.500. The van der Waals surface area contributed by atoms with Crippen LogP contribution < -0.4 is 10.5 Å². The van der Waals surface area contributed by atoms with E-state index >= 15 is 0 Å². The van der Waals surface area contributed by atoms with Gasteiger partial charge >= 0.3 is 5.97 Å². The van der Waals surface area contributed by atoms with Crippen molar-refractivity contribution in [2.75, 3.05) is 18.6 Å². The molecule has 0 spiro atoms. The van der Waals surface area contributed by atoms with Crippen molar-refractivity contribution in [2.24, 2.45) is 0 Å². The second kappa shape index (κ2) is 6.00. The average molecular weight is 296 g/mol. The van der Waals surface area contributed by atoms with E-state index in [1.807, 2.05) is 18.9 Å². The van der Waals surface area contributed by atoms with Gasteiger partial charge in [-0.15, -0.1) is 5.10 Å². The first-order chi connectivity index (χ1) is 9.52. The number of hydrogen-bond acceptors (Lipinski definition) is 7. The Balaban J connectivity index is 2.18. The Labute approximate surface area is 119 Å².